The summed E-state index contributed by atoms with van der Waals surface area (Å²) in [6, 6.07) is 6.14. The van der Waals surface area contributed by atoms with Crippen LogP contribution in [0.5, 0.6) is 11.5 Å². The lowest BCUT2D eigenvalue weighted by molar-refractivity contribution is -0.259. The molecular weight excluding hydrogens is 602 g/mol. The highest BCUT2D eigenvalue weighted by Gasteiger charge is 2.25. The van der Waals surface area contributed by atoms with Crippen LogP contribution in [0.4, 0.5) is 17.6 Å². The lowest BCUT2D eigenvalue weighted by Crippen LogP contribution is -2.25. The Hall–Kier alpha value is -3.88. The standard InChI is InChI=1S/C28H31F4N3O7.ClH/c1-4-16(27(37)42-38-3)6-5-11-39-22-12-17(8-10-21(22)40-28(31)32)26-35-23(24(41-26)15(2)33)25(36)34-14-18-7-9-19(29)13-20(18)30;/h7-10,12-13,15-16,28H,4-6,11,14,33H2,1-3H3,(H,34,36);1H. The highest BCUT2D eigenvalue weighted by molar-refractivity contribution is 5.94. The Labute approximate surface area is 251 Å². The van der Waals surface area contributed by atoms with Gasteiger partial charge in [-0.25, -0.2) is 18.6 Å². The maximum atomic E-state index is 14.0. The van der Waals surface area contributed by atoms with Gasteiger partial charge in [0.15, 0.2) is 23.0 Å². The van der Waals surface area contributed by atoms with E-state index in [4.69, 9.17) is 14.9 Å². The molecule has 0 bridgehead atoms. The number of nitrogens with one attached hydrogen (secondary N) is 1. The fraction of sp³-hybridized carbons (Fsp3) is 0.393. The molecule has 0 radical (unpaired) electrons. The molecule has 2 aromatic carbocycles. The third-order valence-electron chi connectivity index (χ3n) is 6.09. The summed E-state index contributed by atoms with van der Waals surface area (Å²) < 4.78 is 69.2. The lowest BCUT2D eigenvalue weighted by atomic mass is 10.0. The summed E-state index contributed by atoms with van der Waals surface area (Å²) in [6.45, 7) is 0.0261. The number of halogens is 5. The number of alkyl halides is 2. The normalized spacial score (nSPS) is 12.3. The van der Waals surface area contributed by atoms with E-state index in [9.17, 15) is 27.2 Å². The van der Waals surface area contributed by atoms with Crippen molar-refractivity contribution in [1.82, 2.24) is 10.3 Å². The number of benzene rings is 2. The van der Waals surface area contributed by atoms with Crippen LogP contribution in [0, 0.1) is 17.6 Å². The van der Waals surface area contributed by atoms with E-state index in [0.29, 0.717) is 25.3 Å². The Morgan fingerprint density at radius 1 is 1.12 bits per heavy atom. The largest absolute Gasteiger partial charge is 0.490 e. The molecule has 2 atom stereocenters. The molecule has 15 heteroatoms. The van der Waals surface area contributed by atoms with Crippen LogP contribution in [-0.2, 0) is 21.1 Å². The first-order chi connectivity index (χ1) is 20.0. The van der Waals surface area contributed by atoms with Gasteiger partial charge >= 0.3 is 12.6 Å². The van der Waals surface area contributed by atoms with Crippen LogP contribution >= 0.6 is 12.4 Å². The fourth-order valence-electron chi connectivity index (χ4n) is 3.95. The highest BCUT2D eigenvalue weighted by atomic mass is 35.5. The Bertz CT molecular complexity index is 1370. The van der Waals surface area contributed by atoms with E-state index < -0.39 is 42.1 Å². The van der Waals surface area contributed by atoms with Crippen LogP contribution < -0.4 is 20.5 Å². The lowest BCUT2D eigenvalue weighted by Gasteiger charge is -2.15. The van der Waals surface area contributed by atoms with E-state index in [1.807, 2.05) is 6.92 Å². The van der Waals surface area contributed by atoms with Gasteiger partial charge in [-0.2, -0.15) is 13.7 Å². The van der Waals surface area contributed by atoms with Crippen molar-refractivity contribution in [2.24, 2.45) is 11.7 Å². The minimum atomic E-state index is -3.13. The highest BCUT2D eigenvalue weighted by Crippen LogP contribution is 2.35. The van der Waals surface area contributed by atoms with Crippen LogP contribution in [0.2, 0.25) is 0 Å². The first kappa shape index (κ1) is 35.3. The molecule has 1 amide bonds. The van der Waals surface area contributed by atoms with E-state index in [0.717, 1.165) is 6.07 Å². The number of carbonyl (C=O) groups excluding carboxylic acids is 2. The van der Waals surface area contributed by atoms with Crippen molar-refractivity contribution >= 4 is 24.3 Å². The monoisotopic (exact) mass is 633 g/mol. The number of aromatic nitrogens is 1. The number of carbonyl (C=O) groups is 2. The SMILES string of the molecule is CCC(CCCOc1cc(-c2nc(C(=O)NCc3ccc(F)cc3F)c(C(C)N)o2)ccc1OC(F)F)C(=O)OOC.Cl. The Balaban J connectivity index is 0.00000645. The summed E-state index contributed by atoms with van der Waals surface area (Å²) >= 11 is 0. The molecular formula is C28H32ClF4N3O7. The van der Waals surface area contributed by atoms with Crippen LogP contribution in [0.3, 0.4) is 0 Å². The number of rotatable bonds is 15. The Kier molecular flexibility index (Phi) is 13.7. The topological polar surface area (TPSA) is 135 Å². The second-order valence-electron chi connectivity index (χ2n) is 9.14. The molecule has 1 aromatic heterocycles. The van der Waals surface area contributed by atoms with Gasteiger partial charge in [-0.1, -0.05) is 13.0 Å². The van der Waals surface area contributed by atoms with Crippen molar-refractivity contribution < 1.29 is 50.8 Å². The predicted molar refractivity (Wildman–Crippen MR) is 148 cm³/mol. The summed E-state index contributed by atoms with van der Waals surface area (Å²) in [6.07, 6.45) is 1.27. The third-order valence-corrected chi connectivity index (χ3v) is 6.09. The zero-order chi connectivity index (χ0) is 30.8. The molecule has 0 aliphatic rings. The number of hydrogen-bond donors (Lipinski definition) is 2. The molecule has 10 nitrogen and oxygen atoms in total. The van der Waals surface area contributed by atoms with Crippen LogP contribution in [0.1, 0.15) is 61.0 Å². The Morgan fingerprint density at radius 3 is 2.49 bits per heavy atom. The van der Waals surface area contributed by atoms with Crippen molar-refractivity contribution in [1.29, 1.82) is 0 Å². The van der Waals surface area contributed by atoms with E-state index in [1.54, 1.807) is 6.92 Å². The molecule has 3 rings (SSSR count). The van der Waals surface area contributed by atoms with Gasteiger partial charge in [-0.3, -0.25) is 9.68 Å². The van der Waals surface area contributed by atoms with Crippen LogP contribution in [0.25, 0.3) is 11.5 Å². The van der Waals surface area contributed by atoms with Gasteiger partial charge in [-0.05, 0) is 50.5 Å². The average molecular weight is 634 g/mol. The number of amides is 1. The van der Waals surface area contributed by atoms with Crippen molar-refractivity contribution in [3.05, 3.63) is 65.1 Å². The van der Waals surface area contributed by atoms with E-state index in [1.165, 1.54) is 31.4 Å². The molecule has 0 spiro atoms. The van der Waals surface area contributed by atoms with Crippen LogP contribution in [-0.4, -0.2) is 37.2 Å². The zero-order valence-corrected chi connectivity index (χ0v) is 24.4. The zero-order valence-electron chi connectivity index (χ0n) is 23.5. The van der Waals surface area contributed by atoms with Gasteiger partial charge in [0.25, 0.3) is 5.91 Å². The molecule has 0 fully saturated rings. The van der Waals surface area contributed by atoms with Crippen molar-refractivity contribution in [3.8, 4) is 23.0 Å². The van der Waals surface area contributed by atoms with Gasteiger partial charge < -0.3 is 24.9 Å². The second kappa shape index (κ2) is 16.7. The maximum absolute atomic E-state index is 14.0. The smallest absolute Gasteiger partial charge is 0.387 e. The molecule has 43 heavy (non-hydrogen) atoms. The fourth-order valence-corrected chi connectivity index (χ4v) is 3.95. The van der Waals surface area contributed by atoms with Gasteiger partial charge in [-0.15, -0.1) is 12.4 Å². The van der Waals surface area contributed by atoms with Gasteiger partial charge in [0.05, 0.1) is 25.7 Å². The molecule has 0 saturated heterocycles. The first-order valence-electron chi connectivity index (χ1n) is 13.0. The minimum Gasteiger partial charge on any atom is -0.490 e. The summed E-state index contributed by atoms with van der Waals surface area (Å²) in [5.74, 6) is -3.64. The average Bonchev–Trinajstić information content (AvgIpc) is 3.39. The molecule has 0 aliphatic heterocycles. The van der Waals surface area contributed by atoms with Gasteiger partial charge in [0.1, 0.15) is 11.6 Å². The van der Waals surface area contributed by atoms with Gasteiger partial charge in [0, 0.05) is 23.7 Å². The van der Waals surface area contributed by atoms with E-state index in [2.05, 4.69) is 24.8 Å². The maximum Gasteiger partial charge on any atom is 0.387 e. The van der Waals surface area contributed by atoms with Crippen molar-refractivity contribution in [3.63, 3.8) is 0 Å². The van der Waals surface area contributed by atoms with Crippen molar-refractivity contribution in [2.75, 3.05) is 13.7 Å². The molecule has 236 valence electrons. The molecule has 0 aliphatic carbocycles. The predicted octanol–water partition coefficient (Wildman–Crippen LogP) is 5.88. The van der Waals surface area contributed by atoms with E-state index in [-0.39, 0.29) is 65.5 Å². The number of nitrogens with zero attached hydrogens (tertiary/aromatic N) is 1. The summed E-state index contributed by atoms with van der Waals surface area (Å²) in [5.41, 5.74) is 6.10. The van der Waals surface area contributed by atoms with E-state index >= 15 is 0 Å². The minimum absolute atomic E-state index is 0. The number of nitrogens with two attached hydrogens (primary N) is 1. The summed E-state index contributed by atoms with van der Waals surface area (Å²) in [4.78, 5) is 38.0. The molecule has 3 aromatic rings. The summed E-state index contributed by atoms with van der Waals surface area (Å²) in [7, 11) is 1.22. The summed E-state index contributed by atoms with van der Waals surface area (Å²) in [5, 5.41) is 2.49. The number of oxazole rings is 1. The third kappa shape index (κ3) is 9.83. The number of hydrogen-bond acceptors (Lipinski definition) is 9. The number of ether oxygens (including phenoxy) is 2. The van der Waals surface area contributed by atoms with Crippen LogP contribution in [0.15, 0.2) is 40.8 Å². The molecule has 1 heterocycles. The molecule has 2 unspecified atom stereocenters. The van der Waals surface area contributed by atoms with Gasteiger partial charge in [0.2, 0.25) is 5.89 Å². The second-order valence-corrected chi connectivity index (χ2v) is 9.14. The quantitative estimate of drug-likeness (QED) is 0.0910. The first-order valence-corrected chi connectivity index (χ1v) is 13.0. The van der Waals surface area contributed by atoms with Crippen molar-refractivity contribution in [2.45, 2.75) is 52.3 Å². The molecule has 0 saturated carbocycles. The Morgan fingerprint density at radius 2 is 1.86 bits per heavy atom. The molecule has 3 N–H and O–H groups in total.